The zero-order valence-corrected chi connectivity index (χ0v) is 18.7. The summed E-state index contributed by atoms with van der Waals surface area (Å²) in [5, 5.41) is 7.79. The van der Waals surface area contributed by atoms with E-state index in [1.54, 1.807) is 11.8 Å². The van der Waals surface area contributed by atoms with Crippen LogP contribution in [0.5, 0.6) is 0 Å². The monoisotopic (exact) mass is 456 g/mol. The van der Waals surface area contributed by atoms with Crippen LogP contribution in [0.3, 0.4) is 0 Å². The summed E-state index contributed by atoms with van der Waals surface area (Å²) < 4.78 is 5.43. The number of nitrogens with one attached hydrogen (secondary N) is 1. The molecule has 1 amide bonds. The highest BCUT2D eigenvalue weighted by molar-refractivity contribution is 7.99. The van der Waals surface area contributed by atoms with Gasteiger partial charge >= 0.3 is 0 Å². The third-order valence-corrected chi connectivity index (χ3v) is 6.45. The molecule has 6 nitrogen and oxygen atoms in total. The van der Waals surface area contributed by atoms with E-state index in [0.717, 1.165) is 30.7 Å². The Hall–Kier alpha value is -2.35. The number of benzene rings is 2. The third kappa shape index (κ3) is 6.32. The smallest absolute Gasteiger partial charge is 0.241 e. The van der Waals surface area contributed by atoms with E-state index in [0.29, 0.717) is 36.4 Å². The van der Waals surface area contributed by atoms with E-state index in [2.05, 4.69) is 32.5 Å². The van der Waals surface area contributed by atoms with Crippen LogP contribution >= 0.6 is 23.4 Å². The molecule has 162 valence electrons. The first-order valence-electron chi connectivity index (χ1n) is 10.4. The second-order valence-corrected chi connectivity index (χ2v) is 9.15. The average molecular weight is 457 g/mol. The highest BCUT2D eigenvalue weighted by Crippen LogP contribution is 2.22. The van der Waals surface area contributed by atoms with Crippen molar-refractivity contribution in [2.24, 2.45) is 5.92 Å². The van der Waals surface area contributed by atoms with Gasteiger partial charge in [-0.25, -0.2) is 0 Å². The van der Waals surface area contributed by atoms with Crippen molar-refractivity contribution in [3.63, 3.8) is 0 Å². The number of carbonyl (C=O) groups is 1. The van der Waals surface area contributed by atoms with Crippen molar-refractivity contribution in [3.05, 3.63) is 65.5 Å². The zero-order chi connectivity index (χ0) is 21.5. The topological polar surface area (TPSA) is 71.3 Å². The maximum absolute atomic E-state index is 12.6. The Balaban J connectivity index is 1.24. The highest BCUT2D eigenvalue weighted by atomic mass is 35.5. The molecule has 3 aromatic rings. The molecule has 1 fully saturated rings. The van der Waals surface area contributed by atoms with Gasteiger partial charge in [0.1, 0.15) is 0 Å². The Kier molecular flexibility index (Phi) is 7.61. The second kappa shape index (κ2) is 10.8. The number of aromatic nitrogens is 2. The van der Waals surface area contributed by atoms with Crippen LogP contribution in [0.1, 0.15) is 18.7 Å². The summed E-state index contributed by atoms with van der Waals surface area (Å²) in [4.78, 5) is 20.5. The van der Waals surface area contributed by atoms with Crippen LogP contribution in [-0.4, -0.2) is 46.3 Å². The van der Waals surface area contributed by atoms with Crippen molar-refractivity contribution >= 4 is 29.3 Å². The summed E-state index contributed by atoms with van der Waals surface area (Å²) in [6.45, 7) is 2.83. The van der Waals surface area contributed by atoms with Crippen LogP contribution in [-0.2, 0) is 11.3 Å². The lowest BCUT2D eigenvalue weighted by atomic mass is 9.97. The lowest BCUT2D eigenvalue weighted by Gasteiger charge is -2.30. The van der Waals surface area contributed by atoms with E-state index in [4.69, 9.17) is 16.1 Å². The predicted molar refractivity (Wildman–Crippen MR) is 123 cm³/mol. The van der Waals surface area contributed by atoms with Gasteiger partial charge in [-0.2, -0.15) is 4.98 Å². The lowest BCUT2D eigenvalue weighted by Crippen LogP contribution is -2.43. The molecule has 1 aromatic heterocycles. The summed E-state index contributed by atoms with van der Waals surface area (Å²) in [6.07, 6.45) is 1.89. The van der Waals surface area contributed by atoms with Crippen molar-refractivity contribution in [2.45, 2.75) is 24.3 Å². The number of halogens is 1. The molecule has 2 heterocycles. The minimum Gasteiger partial charge on any atom is -0.355 e. The molecule has 1 aliphatic rings. The molecule has 31 heavy (non-hydrogen) atoms. The fourth-order valence-electron chi connectivity index (χ4n) is 3.67. The van der Waals surface area contributed by atoms with E-state index in [1.165, 1.54) is 4.90 Å². The van der Waals surface area contributed by atoms with Gasteiger partial charge in [-0.15, -0.1) is 11.8 Å². The average Bonchev–Trinajstić information content (AvgIpc) is 3.26. The number of piperidine rings is 1. The number of amides is 1. The minimum absolute atomic E-state index is 0.00852. The number of thioether (sulfide) groups is 1. The summed E-state index contributed by atoms with van der Waals surface area (Å²) in [5.41, 5.74) is 0.826. The van der Waals surface area contributed by atoms with Gasteiger partial charge in [0, 0.05) is 34.3 Å². The number of carbonyl (C=O) groups excluding carboxylic acids is 1. The van der Waals surface area contributed by atoms with Gasteiger partial charge in [0.05, 0.1) is 12.5 Å². The van der Waals surface area contributed by atoms with Gasteiger partial charge in [0.25, 0.3) is 0 Å². The molecule has 1 saturated heterocycles. The largest absolute Gasteiger partial charge is 0.355 e. The number of likely N-dealkylation sites (tertiary alicyclic amines) is 1. The quantitative estimate of drug-likeness (QED) is 0.397. The Bertz CT molecular complexity index is 998. The molecule has 0 radical (unpaired) electrons. The molecule has 4 rings (SSSR count). The molecule has 8 heteroatoms. The first-order valence-corrected chi connectivity index (χ1v) is 11.8. The fourth-order valence-corrected chi connectivity index (χ4v) is 4.65. The third-order valence-electron chi connectivity index (χ3n) is 5.20. The number of hydrogen-bond donors (Lipinski definition) is 1. The van der Waals surface area contributed by atoms with E-state index in [1.807, 2.05) is 42.5 Å². The Morgan fingerprint density at radius 2 is 2.10 bits per heavy atom. The van der Waals surface area contributed by atoms with Crippen molar-refractivity contribution in [1.82, 2.24) is 20.4 Å². The molecular weight excluding hydrogens is 432 g/mol. The molecular formula is C23H25ClN4O2S. The van der Waals surface area contributed by atoms with E-state index >= 15 is 0 Å². The molecule has 1 aliphatic heterocycles. The fraction of sp³-hybridized carbons (Fsp3) is 0.348. The van der Waals surface area contributed by atoms with Crippen molar-refractivity contribution in [1.29, 1.82) is 0 Å². The zero-order valence-electron chi connectivity index (χ0n) is 17.2. The van der Waals surface area contributed by atoms with Crippen LogP contribution in [0.25, 0.3) is 11.4 Å². The van der Waals surface area contributed by atoms with Gasteiger partial charge in [-0.3, -0.25) is 9.69 Å². The normalized spacial score (nSPS) is 16.9. The Morgan fingerprint density at radius 3 is 2.94 bits per heavy atom. The van der Waals surface area contributed by atoms with Crippen LogP contribution in [0.4, 0.5) is 0 Å². The molecule has 2 aromatic carbocycles. The van der Waals surface area contributed by atoms with Crippen molar-refractivity contribution in [3.8, 4) is 11.4 Å². The predicted octanol–water partition coefficient (Wildman–Crippen LogP) is 4.51. The standard InChI is InChI=1S/C23H25ClN4O2S/c24-19-8-4-6-17(14-19)22-26-21(30-27-22)16-28-12-5-7-18(15-28)23(29)25-11-13-31-20-9-2-1-3-10-20/h1-4,6,8-10,14,18H,5,7,11-13,15-16H2,(H,25,29). The first kappa shape index (κ1) is 21.9. The van der Waals surface area contributed by atoms with Gasteiger partial charge in [0.15, 0.2) is 0 Å². The van der Waals surface area contributed by atoms with Gasteiger partial charge in [0.2, 0.25) is 17.6 Å². The SMILES string of the molecule is O=C(NCCSc1ccccc1)C1CCCN(Cc2nc(-c3cccc(Cl)c3)no2)C1. The second-order valence-electron chi connectivity index (χ2n) is 7.55. The summed E-state index contributed by atoms with van der Waals surface area (Å²) in [7, 11) is 0. The van der Waals surface area contributed by atoms with Gasteiger partial charge < -0.3 is 9.84 Å². The van der Waals surface area contributed by atoms with Crippen LogP contribution in [0, 0.1) is 5.92 Å². The molecule has 1 N–H and O–H groups in total. The molecule has 0 saturated carbocycles. The number of hydrogen-bond acceptors (Lipinski definition) is 6. The Morgan fingerprint density at radius 1 is 1.23 bits per heavy atom. The molecule has 0 bridgehead atoms. The van der Waals surface area contributed by atoms with E-state index < -0.39 is 0 Å². The number of rotatable bonds is 8. The minimum atomic E-state index is -0.00852. The van der Waals surface area contributed by atoms with Gasteiger partial charge in [-0.05, 0) is 43.7 Å². The van der Waals surface area contributed by atoms with Crippen molar-refractivity contribution in [2.75, 3.05) is 25.4 Å². The lowest BCUT2D eigenvalue weighted by molar-refractivity contribution is -0.126. The highest BCUT2D eigenvalue weighted by Gasteiger charge is 2.26. The van der Waals surface area contributed by atoms with Crippen molar-refractivity contribution < 1.29 is 9.32 Å². The van der Waals surface area contributed by atoms with Gasteiger partial charge in [-0.1, -0.05) is 47.1 Å². The maximum Gasteiger partial charge on any atom is 0.241 e. The summed E-state index contributed by atoms with van der Waals surface area (Å²) in [6, 6.07) is 17.6. The Labute approximate surface area is 191 Å². The molecule has 1 atom stereocenters. The van der Waals surface area contributed by atoms with E-state index in [9.17, 15) is 4.79 Å². The molecule has 0 spiro atoms. The number of nitrogens with zero attached hydrogens (tertiary/aromatic N) is 3. The van der Waals surface area contributed by atoms with Crippen LogP contribution in [0.2, 0.25) is 5.02 Å². The first-order chi connectivity index (χ1) is 15.2. The van der Waals surface area contributed by atoms with E-state index in [-0.39, 0.29) is 11.8 Å². The maximum atomic E-state index is 12.6. The van der Waals surface area contributed by atoms with Crippen LogP contribution in [0.15, 0.2) is 64.0 Å². The summed E-state index contributed by atoms with van der Waals surface area (Å²) in [5.74, 6) is 2.06. The summed E-state index contributed by atoms with van der Waals surface area (Å²) >= 11 is 7.80. The molecule has 0 aliphatic carbocycles. The molecule has 1 unspecified atom stereocenters. The van der Waals surface area contributed by atoms with Crippen LogP contribution < -0.4 is 5.32 Å².